The number of allylic oxidation sites excluding steroid dienone is 4. The number of ether oxygens (including phenoxy) is 1. The highest BCUT2D eigenvalue weighted by Crippen LogP contribution is 2.14. The molecule has 0 aromatic heterocycles. The summed E-state index contributed by atoms with van der Waals surface area (Å²) < 4.78 is 4.86. The summed E-state index contributed by atoms with van der Waals surface area (Å²) in [6.07, 6.45) is 6.86. The second kappa shape index (κ2) is 8.74. The minimum absolute atomic E-state index is 0.0111. The molecule has 0 bridgehead atoms. The SMILES string of the molecule is CCCCC1=CC(=O)C=CC1=O.COc1ccc(O)cc1. The van der Waals surface area contributed by atoms with Crippen LogP contribution >= 0.6 is 0 Å². The van der Waals surface area contributed by atoms with Gasteiger partial charge in [-0.05, 0) is 55.3 Å². The van der Waals surface area contributed by atoms with E-state index < -0.39 is 0 Å². The van der Waals surface area contributed by atoms with Crippen molar-refractivity contribution in [2.24, 2.45) is 0 Å². The van der Waals surface area contributed by atoms with Crippen LogP contribution in [0.15, 0.2) is 48.1 Å². The van der Waals surface area contributed by atoms with Crippen molar-refractivity contribution in [3.63, 3.8) is 0 Å². The average molecular weight is 288 g/mol. The first kappa shape index (κ1) is 16.7. The number of ketones is 2. The number of aromatic hydroxyl groups is 1. The molecule has 0 fully saturated rings. The van der Waals surface area contributed by atoms with Crippen molar-refractivity contribution in [3.05, 3.63) is 48.1 Å². The zero-order chi connectivity index (χ0) is 15.7. The van der Waals surface area contributed by atoms with Gasteiger partial charge < -0.3 is 9.84 Å². The van der Waals surface area contributed by atoms with Crippen molar-refractivity contribution in [2.75, 3.05) is 7.11 Å². The number of phenolic OH excluding ortho intramolecular Hbond substituents is 1. The van der Waals surface area contributed by atoms with Crippen LogP contribution in [0.25, 0.3) is 0 Å². The van der Waals surface area contributed by atoms with E-state index in [9.17, 15) is 9.59 Å². The first-order valence-electron chi connectivity index (χ1n) is 6.86. The Bertz CT molecular complexity index is 538. The lowest BCUT2D eigenvalue weighted by Gasteiger charge is -2.04. The minimum Gasteiger partial charge on any atom is -0.508 e. The standard InChI is InChI=1S/C10H12O2.C7H8O2/c1-2-3-4-8-7-9(11)5-6-10(8)12;1-9-7-4-2-6(8)3-5-7/h5-7H,2-4H2,1H3;2-5,8H,1H3. The molecule has 0 aliphatic heterocycles. The average Bonchev–Trinajstić information content (AvgIpc) is 2.50. The van der Waals surface area contributed by atoms with Gasteiger partial charge in [-0.1, -0.05) is 13.3 Å². The van der Waals surface area contributed by atoms with E-state index in [-0.39, 0.29) is 17.3 Å². The molecular formula is C17H20O4. The fourth-order valence-electron chi connectivity index (χ4n) is 1.70. The summed E-state index contributed by atoms with van der Waals surface area (Å²) in [6, 6.07) is 6.57. The molecular weight excluding hydrogens is 268 g/mol. The lowest BCUT2D eigenvalue weighted by Crippen LogP contribution is -2.07. The molecule has 1 aromatic carbocycles. The first-order chi connectivity index (χ1) is 10.1. The van der Waals surface area contributed by atoms with E-state index in [0.29, 0.717) is 5.57 Å². The Kier molecular flexibility index (Phi) is 6.95. The predicted molar refractivity (Wildman–Crippen MR) is 81.4 cm³/mol. The van der Waals surface area contributed by atoms with Crippen molar-refractivity contribution in [3.8, 4) is 11.5 Å². The van der Waals surface area contributed by atoms with Crippen LogP contribution in [0.2, 0.25) is 0 Å². The summed E-state index contributed by atoms with van der Waals surface area (Å²) in [5, 5.41) is 8.80. The second-order valence-electron chi connectivity index (χ2n) is 4.57. The van der Waals surface area contributed by atoms with Crippen LogP contribution in [0.1, 0.15) is 26.2 Å². The van der Waals surface area contributed by atoms with Gasteiger partial charge in [0.25, 0.3) is 0 Å². The van der Waals surface area contributed by atoms with Crippen LogP contribution in [0.4, 0.5) is 0 Å². The Hall–Kier alpha value is -2.36. The largest absolute Gasteiger partial charge is 0.508 e. The lowest BCUT2D eigenvalue weighted by molar-refractivity contribution is -0.114. The molecule has 0 saturated heterocycles. The number of benzene rings is 1. The number of methoxy groups -OCH3 is 1. The highest BCUT2D eigenvalue weighted by atomic mass is 16.5. The van der Waals surface area contributed by atoms with Gasteiger partial charge in [-0.3, -0.25) is 9.59 Å². The fraction of sp³-hybridized carbons (Fsp3) is 0.294. The molecule has 0 atom stereocenters. The minimum atomic E-state index is -0.0688. The van der Waals surface area contributed by atoms with Gasteiger partial charge in [0, 0.05) is 5.57 Å². The summed E-state index contributed by atoms with van der Waals surface area (Å²) in [7, 11) is 1.59. The zero-order valence-corrected chi connectivity index (χ0v) is 12.3. The van der Waals surface area contributed by atoms with Crippen molar-refractivity contribution >= 4 is 11.6 Å². The molecule has 21 heavy (non-hydrogen) atoms. The first-order valence-corrected chi connectivity index (χ1v) is 6.86. The van der Waals surface area contributed by atoms with Crippen molar-refractivity contribution in [2.45, 2.75) is 26.2 Å². The molecule has 2 rings (SSSR count). The van der Waals surface area contributed by atoms with Gasteiger partial charge >= 0.3 is 0 Å². The molecule has 1 aliphatic carbocycles. The molecule has 0 unspecified atom stereocenters. The van der Waals surface area contributed by atoms with Crippen LogP contribution in [-0.4, -0.2) is 23.8 Å². The van der Waals surface area contributed by atoms with Gasteiger partial charge in [0.1, 0.15) is 11.5 Å². The van der Waals surface area contributed by atoms with Crippen molar-refractivity contribution < 1.29 is 19.4 Å². The molecule has 1 N–H and O–H groups in total. The van der Waals surface area contributed by atoms with Crippen LogP contribution in [0.5, 0.6) is 11.5 Å². The molecule has 1 aliphatic rings. The number of rotatable bonds is 4. The number of unbranched alkanes of at least 4 members (excludes halogenated alkanes) is 1. The number of hydrogen-bond acceptors (Lipinski definition) is 4. The van der Waals surface area contributed by atoms with Gasteiger partial charge in [0.15, 0.2) is 11.6 Å². The van der Waals surface area contributed by atoms with E-state index in [4.69, 9.17) is 9.84 Å². The third-order valence-electron chi connectivity index (χ3n) is 2.90. The summed E-state index contributed by atoms with van der Waals surface area (Å²) in [5.74, 6) is 0.937. The Balaban J connectivity index is 0.000000219. The number of phenols is 1. The maximum Gasteiger partial charge on any atom is 0.182 e. The number of carbonyl (C=O) groups is 2. The molecule has 0 amide bonds. The van der Waals surface area contributed by atoms with Crippen LogP contribution in [-0.2, 0) is 9.59 Å². The van der Waals surface area contributed by atoms with E-state index in [1.165, 1.54) is 18.2 Å². The topological polar surface area (TPSA) is 63.6 Å². The zero-order valence-electron chi connectivity index (χ0n) is 12.3. The van der Waals surface area contributed by atoms with E-state index in [2.05, 4.69) is 6.92 Å². The van der Waals surface area contributed by atoms with Gasteiger partial charge in [-0.2, -0.15) is 0 Å². The Labute approximate surface area is 124 Å². The quantitative estimate of drug-likeness (QED) is 0.864. The van der Waals surface area contributed by atoms with Crippen molar-refractivity contribution in [1.82, 2.24) is 0 Å². The molecule has 0 saturated carbocycles. The molecule has 0 radical (unpaired) electrons. The maximum absolute atomic E-state index is 11.1. The third kappa shape index (κ3) is 6.08. The fourth-order valence-corrected chi connectivity index (χ4v) is 1.70. The maximum atomic E-state index is 11.1. The van der Waals surface area contributed by atoms with Gasteiger partial charge in [0.2, 0.25) is 0 Å². The van der Waals surface area contributed by atoms with E-state index in [0.717, 1.165) is 25.0 Å². The summed E-state index contributed by atoms with van der Waals surface area (Å²) >= 11 is 0. The highest BCUT2D eigenvalue weighted by Gasteiger charge is 2.11. The van der Waals surface area contributed by atoms with Gasteiger partial charge in [-0.25, -0.2) is 0 Å². The molecule has 112 valence electrons. The normalized spacial score (nSPS) is 13.3. The molecule has 0 heterocycles. The van der Waals surface area contributed by atoms with E-state index in [1.54, 1.807) is 31.4 Å². The van der Waals surface area contributed by atoms with E-state index in [1.807, 2.05) is 0 Å². The van der Waals surface area contributed by atoms with Crippen LogP contribution in [0.3, 0.4) is 0 Å². The molecule has 1 aromatic rings. The summed E-state index contributed by atoms with van der Waals surface area (Å²) in [5.41, 5.74) is 0.657. The molecule has 4 nitrogen and oxygen atoms in total. The third-order valence-corrected chi connectivity index (χ3v) is 2.90. The summed E-state index contributed by atoms with van der Waals surface area (Å²) in [4.78, 5) is 22.0. The van der Waals surface area contributed by atoms with E-state index >= 15 is 0 Å². The van der Waals surface area contributed by atoms with Gasteiger partial charge in [0.05, 0.1) is 7.11 Å². The summed E-state index contributed by atoms with van der Waals surface area (Å²) in [6.45, 7) is 2.06. The molecule has 0 spiro atoms. The Morgan fingerprint density at radius 1 is 1.10 bits per heavy atom. The number of hydrogen-bond donors (Lipinski definition) is 1. The predicted octanol–water partition coefficient (Wildman–Crippen LogP) is 3.21. The Morgan fingerprint density at radius 2 is 1.76 bits per heavy atom. The monoisotopic (exact) mass is 288 g/mol. The van der Waals surface area contributed by atoms with Crippen molar-refractivity contribution in [1.29, 1.82) is 0 Å². The van der Waals surface area contributed by atoms with Crippen LogP contribution < -0.4 is 4.74 Å². The molecule has 4 heteroatoms. The Morgan fingerprint density at radius 3 is 2.33 bits per heavy atom. The smallest absolute Gasteiger partial charge is 0.182 e. The highest BCUT2D eigenvalue weighted by molar-refractivity contribution is 6.17. The van der Waals surface area contributed by atoms with Crippen LogP contribution in [0, 0.1) is 0 Å². The number of carbonyl (C=O) groups excluding carboxylic acids is 2. The lowest BCUT2D eigenvalue weighted by atomic mass is 9.99. The van der Waals surface area contributed by atoms with Gasteiger partial charge in [-0.15, -0.1) is 0 Å². The second-order valence-corrected chi connectivity index (χ2v) is 4.57.